The molecule has 0 aliphatic rings. The zero-order chi connectivity index (χ0) is 9.84. The van der Waals surface area contributed by atoms with Crippen LogP contribution in [0.1, 0.15) is 22.3 Å². The summed E-state index contributed by atoms with van der Waals surface area (Å²) >= 11 is 0. The normalized spacial score (nSPS) is 9.85. The Kier molecular flexibility index (Phi) is 2.69. The van der Waals surface area contributed by atoms with Crippen LogP contribution in [0.3, 0.4) is 0 Å². The predicted octanol–water partition coefficient (Wildman–Crippen LogP) is 0.530. The second-order valence-corrected chi connectivity index (χ2v) is 2.50. The number of aromatic nitrogens is 1. The minimum atomic E-state index is -1.07. The monoisotopic (exact) mass is 182 g/mol. The van der Waals surface area contributed by atoms with E-state index in [-0.39, 0.29) is 18.4 Å². The molecule has 69 valence electrons. The minimum absolute atomic E-state index is 0.0845. The molecule has 1 aromatic rings. The van der Waals surface area contributed by atoms with Crippen LogP contribution in [0, 0.1) is 6.20 Å². The van der Waals surface area contributed by atoms with Gasteiger partial charge < -0.3 is 15.2 Å². The van der Waals surface area contributed by atoms with Crippen molar-refractivity contribution < 1.29 is 19.8 Å². The maximum Gasteiger partial charge on any atom is 0.337 e. The van der Waals surface area contributed by atoms with Crippen molar-refractivity contribution in [2.45, 2.75) is 12.8 Å². The first-order chi connectivity index (χ1) is 6.11. The minimum Gasteiger partial charge on any atom is -0.481 e. The molecule has 1 heterocycles. The van der Waals surface area contributed by atoms with E-state index in [0.717, 1.165) is 0 Å². The summed E-state index contributed by atoms with van der Waals surface area (Å²) in [5.74, 6) is -2.02. The summed E-state index contributed by atoms with van der Waals surface area (Å²) in [6.45, 7) is 0. The van der Waals surface area contributed by atoms with Gasteiger partial charge in [-0.05, 0) is 12.0 Å². The van der Waals surface area contributed by atoms with Crippen LogP contribution >= 0.6 is 0 Å². The Morgan fingerprint density at radius 3 is 2.69 bits per heavy atom. The van der Waals surface area contributed by atoms with Crippen LogP contribution in [0.15, 0.2) is 6.20 Å². The number of aryl methyl sites for hydroxylation is 1. The topological polar surface area (TPSA) is 90.4 Å². The maximum atomic E-state index is 10.5. The van der Waals surface area contributed by atoms with Crippen LogP contribution < -0.4 is 0 Å². The average molecular weight is 182 g/mol. The molecule has 0 unspecified atom stereocenters. The summed E-state index contributed by atoms with van der Waals surface area (Å²) < 4.78 is 0. The Labute approximate surface area is 74.0 Å². The van der Waals surface area contributed by atoms with E-state index < -0.39 is 11.9 Å². The lowest BCUT2D eigenvalue weighted by Gasteiger charge is -1.95. The van der Waals surface area contributed by atoms with E-state index in [9.17, 15) is 9.59 Å². The van der Waals surface area contributed by atoms with Gasteiger partial charge in [-0.15, -0.1) is 0 Å². The molecule has 5 nitrogen and oxygen atoms in total. The average Bonchev–Trinajstić information content (AvgIpc) is 2.47. The molecule has 0 saturated carbocycles. The molecule has 0 bridgehead atoms. The number of carboxylic acid groups (broad SMARTS) is 2. The van der Waals surface area contributed by atoms with Gasteiger partial charge in [0.2, 0.25) is 0 Å². The molecule has 0 spiro atoms. The molecule has 3 N–H and O–H groups in total. The molecule has 1 aromatic heterocycles. The van der Waals surface area contributed by atoms with E-state index in [0.29, 0.717) is 5.56 Å². The summed E-state index contributed by atoms with van der Waals surface area (Å²) in [5, 5.41) is 17.0. The van der Waals surface area contributed by atoms with Crippen LogP contribution in [0.2, 0.25) is 0 Å². The van der Waals surface area contributed by atoms with Gasteiger partial charge in [-0.1, -0.05) is 0 Å². The molecule has 0 amide bonds. The van der Waals surface area contributed by atoms with Crippen molar-refractivity contribution in [2.75, 3.05) is 0 Å². The molecule has 0 aliphatic heterocycles. The van der Waals surface area contributed by atoms with Gasteiger partial charge in [0.25, 0.3) is 0 Å². The maximum absolute atomic E-state index is 10.5. The first kappa shape index (κ1) is 9.31. The number of carbonyl (C=O) groups is 2. The SMILES string of the molecule is O=C(O)CCc1[c][nH]cc1C(=O)O. The van der Waals surface area contributed by atoms with Crippen molar-refractivity contribution >= 4 is 11.9 Å². The second kappa shape index (κ2) is 3.75. The van der Waals surface area contributed by atoms with E-state index >= 15 is 0 Å². The second-order valence-electron chi connectivity index (χ2n) is 2.50. The molecule has 1 rings (SSSR count). The van der Waals surface area contributed by atoms with Crippen LogP contribution in [0.5, 0.6) is 0 Å². The number of aliphatic carboxylic acids is 1. The quantitative estimate of drug-likeness (QED) is 0.633. The van der Waals surface area contributed by atoms with Crippen LogP contribution in [-0.2, 0) is 11.2 Å². The van der Waals surface area contributed by atoms with Crippen molar-refractivity contribution in [3.63, 3.8) is 0 Å². The largest absolute Gasteiger partial charge is 0.481 e. The highest BCUT2D eigenvalue weighted by atomic mass is 16.4. The third-order valence-electron chi connectivity index (χ3n) is 1.58. The lowest BCUT2D eigenvalue weighted by molar-refractivity contribution is -0.136. The molecule has 13 heavy (non-hydrogen) atoms. The van der Waals surface area contributed by atoms with Gasteiger partial charge in [-0.25, -0.2) is 4.79 Å². The zero-order valence-corrected chi connectivity index (χ0v) is 6.70. The van der Waals surface area contributed by atoms with Gasteiger partial charge in [0, 0.05) is 12.6 Å². The number of hydrogen-bond donors (Lipinski definition) is 3. The summed E-state index contributed by atoms with van der Waals surface area (Å²) in [4.78, 5) is 23.2. The van der Waals surface area contributed by atoms with E-state index in [2.05, 4.69) is 11.2 Å². The van der Waals surface area contributed by atoms with E-state index in [1.54, 1.807) is 0 Å². The smallest absolute Gasteiger partial charge is 0.337 e. The van der Waals surface area contributed by atoms with Crippen molar-refractivity contribution in [2.24, 2.45) is 0 Å². The van der Waals surface area contributed by atoms with Crippen molar-refractivity contribution in [3.8, 4) is 0 Å². The molecule has 0 fully saturated rings. The van der Waals surface area contributed by atoms with Gasteiger partial charge in [0.1, 0.15) is 0 Å². The fourth-order valence-corrected chi connectivity index (χ4v) is 0.970. The van der Waals surface area contributed by atoms with Crippen LogP contribution in [-0.4, -0.2) is 27.1 Å². The first-order valence-electron chi connectivity index (χ1n) is 3.64. The van der Waals surface area contributed by atoms with Crippen LogP contribution in [0.25, 0.3) is 0 Å². The Morgan fingerprint density at radius 1 is 1.46 bits per heavy atom. The highest BCUT2D eigenvalue weighted by molar-refractivity contribution is 5.89. The lowest BCUT2D eigenvalue weighted by Crippen LogP contribution is -2.02. The Bertz CT molecular complexity index is 329. The highest BCUT2D eigenvalue weighted by Gasteiger charge is 2.11. The van der Waals surface area contributed by atoms with Crippen molar-refractivity contribution in [1.29, 1.82) is 0 Å². The number of H-pyrrole nitrogens is 1. The lowest BCUT2D eigenvalue weighted by atomic mass is 10.1. The summed E-state index contributed by atoms with van der Waals surface area (Å²) in [6.07, 6.45) is 3.96. The number of rotatable bonds is 4. The summed E-state index contributed by atoms with van der Waals surface area (Å²) in [7, 11) is 0. The number of hydrogen-bond acceptors (Lipinski definition) is 2. The number of aromatic carboxylic acids is 1. The van der Waals surface area contributed by atoms with E-state index in [1.807, 2.05) is 0 Å². The van der Waals surface area contributed by atoms with Gasteiger partial charge in [0.05, 0.1) is 11.8 Å². The molecule has 0 aromatic carbocycles. The van der Waals surface area contributed by atoms with Crippen molar-refractivity contribution in [3.05, 3.63) is 23.5 Å². The first-order valence-corrected chi connectivity index (χ1v) is 3.64. The Hall–Kier alpha value is -1.78. The molecule has 0 aliphatic carbocycles. The molecular weight excluding hydrogens is 174 g/mol. The molecule has 5 heteroatoms. The standard InChI is InChI=1S/C8H8NO4/c10-7(11)2-1-5-3-9-4-6(5)8(12)13/h4,9H,1-2H2,(H,10,11)(H,12,13). The van der Waals surface area contributed by atoms with E-state index in [1.165, 1.54) is 6.20 Å². The fraction of sp³-hybridized carbons (Fsp3) is 0.250. The number of aromatic amines is 1. The van der Waals surface area contributed by atoms with Crippen LogP contribution in [0.4, 0.5) is 0 Å². The summed E-state index contributed by atoms with van der Waals surface area (Å²) in [5.41, 5.74) is 0.483. The zero-order valence-electron chi connectivity index (χ0n) is 6.70. The van der Waals surface area contributed by atoms with Crippen molar-refractivity contribution in [1.82, 2.24) is 4.98 Å². The van der Waals surface area contributed by atoms with Gasteiger partial charge >= 0.3 is 11.9 Å². The number of nitrogens with one attached hydrogen (secondary N) is 1. The molecular formula is C8H8NO4. The molecule has 0 atom stereocenters. The fourth-order valence-electron chi connectivity index (χ4n) is 0.970. The Balaban J connectivity index is 2.71. The summed E-state index contributed by atoms with van der Waals surface area (Å²) in [6, 6.07) is 0. The van der Waals surface area contributed by atoms with Gasteiger partial charge in [-0.3, -0.25) is 4.79 Å². The highest BCUT2D eigenvalue weighted by Crippen LogP contribution is 2.09. The molecule has 1 radical (unpaired) electrons. The Morgan fingerprint density at radius 2 is 2.15 bits per heavy atom. The van der Waals surface area contributed by atoms with Gasteiger partial charge in [0.15, 0.2) is 0 Å². The van der Waals surface area contributed by atoms with Gasteiger partial charge in [-0.2, -0.15) is 0 Å². The van der Waals surface area contributed by atoms with E-state index in [4.69, 9.17) is 10.2 Å². The predicted molar refractivity (Wildman–Crippen MR) is 42.5 cm³/mol. The third-order valence-corrected chi connectivity index (χ3v) is 1.58. The third kappa shape index (κ3) is 2.33. The number of carboxylic acids is 2. The molecule has 0 saturated heterocycles.